The second kappa shape index (κ2) is 10.3. The molecule has 3 heterocycles. The zero-order valence-corrected chi connectivity index (χ0v) is 27.8. The van der Waals surface area contributed by atoms with Gasteiger partial charge in [0.1, 0.15) is 11.2 Å². The fraction of sp³-hybridized carbons (Fsp3) is 0. The number of nitrogens with zero attached hydrogens (tertiary/aromatic N) is 3. The quantitative estimate of drug-likeness (QED) is 0.189. The molecule has 0 bridgehead atoms. The highest BCUT2D eigenvalue weighted by Crippen LogP contribution is 2.45. The summed E-state index contributed by atoms with van der Waals surface area (Å²) in [4.78, 5) is 10.4. The lowest BCUT2D eigenvalue weighted by Gasteiger charge is -2.13. The number of rotatable bonds is 3. The summed E-state index contributed by atoms with van der Waals surface area (Å²) >= 11 is 0. The van der Waals surface area contributed by atoms with Crippen molar-refractivity contribution in [3.8, 4) is 28.2 Å². The van der Waals surface area contributed by atoms with Gasteiger partial charge in [-0.15, -0.1) is 0 Å². The van der Waals surface area contributed by atoms with E-state index >= 15 is 0 Å². The van der Waals surface area contributed by atoms with Crippen LogP contribution < -0.4 is 0 Å². The second-order valence-electron chi connectivity index (χ2n) is 13.8. The van der Waals surface area contributed by atoms with Crippen LogP contribution in [0, 0.1) is 0 Å². The average molecular weight is 662 g/mol. The van der Waals surface area contributed by atoms with Gasteiger partial charge in [-0.25, -0.2) is 9.97 Å². The Morgan fingerprint density at radius 3 is 1.48 bits per heavy atom. The summed E-state index contributed by atoms with van der Waals surface area (Å²) in [6.45, 7) is 0. The van der Waals surface area contributed by atoms with Crippen molar-refractivity contribution < 1.29 is 4.42 Å². The van der Waals surface area contributed by atoms with E-state index in [4.69, 9.17) is 14.4 Å². The van der Waals surface area contributed by atoms with Crippen LogP contribution in [0.3, 0.4) is 0 Å². The van der Waals surface area contributed by atoms with Gasteiger partial charge in [0.2, 0.25) is 0 Å². The molecule has 12 aromatic rings. The van der Waals surface area contributed by atoms with Gasteiger partial charge in [0.15, 0.2) is 0 Å². The molecule has 0 radical (unpaired) electrons. The topological polar surface area (TPSA) is 43.9 Å². The van der Waals surface area contributed by atoms with Crippen molar-refractivity contribution in [1.82, 2.24) is 14.5 Å². The molecule has 0 unspecified atom stereocenters. The van der Waals surface area contributed by atoms with Gasteiger partial charge < -0.3 is 8.98 Å². The minimum atomic E-state index is 0.879. The van der Waals surface area contributed by atoms with E-state index in [2.05, 4.69) is 144 Å². The number of hydrogen-bond acceptors (Lipinski definition) is 3. The minimum absolute atomic E-state index is 0.879. The molecule has 52 heavy (non-hydrogen) atoms. The molecule has 0 aliphatic carbocycles. The van der Waals surface area contributed by atoms with Crippen molar-refractivity contribution in [2.24, 2.45) is 0 Å². The second-order valence-corrected chi connectivity index (χ2v) is 13.8. The molecule has 3 aromatic heterocycles. The van der Waals surface area contributed by atoms with Crippen molar-refractivity contribution in [2.45, 2.75) is 0 Å². The van der Waals surface area contributed by atoms with Crippen LogP contribution in [0.2, 0.25) is 0 Å². The molecule has 0 N–H and O–H groups in total. The zero-order valence-electron chi connectivity index (χ0n) is 27.8. The van der Waals surface area contributed by atoms with E-state index < -0.39 is 0 Å². The molecule has 0 saturated carbocycles. The van der Waals surface area contributed by atoms with Crippen molar-refractivity contribution >= 4 is 87.1 Å². The lowest BCUT2D eigenvalue weighted by molar-refractivity contribution is 0.664. The van der Waals surface area contributed by atoms with E-state index in [0.717, 1.165) is 71.9 Å². The summed E-state index contributed by atoms with van der Waals surface area (Å²) in [5.41, 5.74) is 10.9. The third-order valence-electron chi connectivity index (χ3n) is 10.9. The third-order valence-corrected chi connectivity index (χ3v) is 10.9. The lowest BCUT2D eigenvalue weighted by Crippen LogP contribution is -1.96. The standard InChI is InChI=1S/C48H27N3O/c1-2-8-31-25-34(17-15-28(31)7-1)47-48(50-38-12-4-3-11-37(38)49-47)35-18-16-33-27-36(22-19-32(33)26-35)51-39-23-20-29-9-5-13-41-43(29)45(39)46-40(51)24-21-30-10-6-14-42(52-41)44(30)46/h1-27H. The Labute approximate surface area is 297 Å². The van der Waals surface area contributed by atoms with Gasteiger partial charge >= 0.3 is 0 Å². The summed E-state index contributed by atoms with van der Waals surface area (Å²) in [5, 5.41) is 11.9. The monoisotopic (exact) mass is 661 g/mol. The molecular weight excluding hydrogens is 635 g/mol. The van der Waals surface area contributed by atoms with E-state index in [-0.39, 0.29) is 0 Å². The Morgan fingerprint density at radius 1 is 0.365 bits per heavy atom. The smallest absolute Gasteiger partial charge is 0.135 e. The molecule has 0 amide bonds. The molecule has 0 aliphatic rings. The maximum absolute atomic E-state index is 6.63. The van der Waals surface area contributed by atoms with Crippen molar-refractivity contribution in [3.05, 3.63) is 164 Å². The van der Waals surface area contributed by atoms with E-state index in [1.165, 1.54) is 43.4 Å². The normalized spacial score (nSPS) is 12.2. The largest absolute Gasteiger partial charge is 0.456 e. The summed E-state index contributed by atoms with van der Waals surface area (Å²) in [6, 6.07) is 58.3. The van der Waals surface area contributed by atoms with Gasteiger partial charge in [0.25, 0.3) is 0 Å². The third kappa shape index (κ3) is 3.86. The lowest BCUT2D eigenvalue weighted by atomic mass is 9.98. The van der Waals surface area contributed by atoms with Gasteiger partial charge in [-0.05, 0) is 93.0 Å². The molecule has 4 nitrogen and oxygen atoms in total. The van der Waals surface area contributed by atoms with E-state index in [1.54, 1.807) is 0 Å². The molecule has 9 aromatic carbocycles. The number of benzene rings is 9. The van der Waals surface area contributed by atoms with Gasteiger partial charge in [0, 0.05) is 38.4 Å². The van der Waals surface area contributed by atoms with Crippen molar-refractivity contribution in [1.29, 1.82) is 0 Å². The number of aromatic nitrogens is 3. The molecule has 0 fully saturated rings. The van der Waals surface area contributed by atoms with Crippen molar-refractivity contribution in [3.63, 3.8) is 0 Å². The minimum Gasteiger partial charge on any atom is -0.456 e. The Kier molecular flexibility index (Phi) is 5.47. The molecule has 0 aliphatic heterocycles. The SMILES string of the molecule is c1ccc2cc(-c3nc4ccccc4nc3-c3ccc4cc(-n5c6ccc7cccc8oc9cccc%10ccc5c(c%109)c6c78)ccc4c3)ccc2c1. The van der Waals surface area contributed by atoms with Crippen LogP contribution in [-0.4, -0.2) is 14.5 Å². The molecule has 240 valence electrons. The van der Waals surface area contributed by atoms with Crippen LogP contribution in [0.4, 0.5) is 0 Å². The first-order chi connectivity index (χ1) is 25.7. The Morgan fingerprint density at radius 2 is 0.846 bits per heavy atom. The first kappa shape index (κ1) is 27.7. The first-order valence-electron chi connectivity index (χ1n) is 17.7. The maximum atomic E-state index is 6.63. The van der Waals surface area contributed by atoms with E-state index in [0.29, 0.717) is 0 Å². The van der Waals surface area contributed by atoms with Gasteiger partial charge in [-0.2, -0.15) is 0 Å². The van der Waals surface area contributed by atoms with Crippen LogP contribution >= 0.6 is 0 Å². The molecule has 4 heteroatoms. The summed E-state index contributed by atoms with van der Waals surface area (Å²) in [6.07, 6.45) is 0. The fourth-order valence-corrected chi connectivity index (χ4v) is 8.50. The highest BCUT2D eigenvalue weighted by Gasteiger charge is 2.22. The van der Waals surface area contributed by atoms with E-state index in [1.807, 2.05) is 24.3 Å². The number of fused-ring (bicyclic) bond motifs is 3. The summed E-state index contributed by atoms with van der Waals surface area (Å²) in [7, 11) is 0. The Bertz CT molecular complexity index is 3320. The molecule has 0 atom stereocenters. The molecular formula is C48H27N3O. The van der Waals surface area contributed by atoms with Crippen LogP contribution in [0.5, 0.6) is 0 Å². The Hall–Kier alpha value is -7.04. The summed E-state index contributed by atoms with van der Waals surface area (Å²) in [5.74, 6) is 0. The predicted octanol–water partition coefficient (Wildman–Crippen LogP) is 12.9. The van der Waals surface area contributed by atoms with Crippen molar-refractivity contribution in [2.75, 3.05) is 0 Å². The average Bonchev–Trinajstić information content (AvgIpc) is 3.46. The number of hydrogen-bond donors (Lipinski definition) is 0. The molecule has 0 spiro atoms. The van der Waals surface area contributed by atoms with Gasteiger partial charge in [0.05, 0.1) is 33.5 Å². The number of para-hydroxylation sites is 2. The zero-order chi connectivity index (χ0) is 33.9. The van der Waals surface area contributed by atoms with Crippen LogP contribution in [0.15, 0.2) is 168 Å². The predicted molar refractivity (Wildman–Crippen MR) is 216 cm³/mol. The maximum Gasteiger partial charge on any atom is 0.135 e. The fourth-order valence-electron chi connectivity index (χ4n) is 8.50. The van der Waals surface area contributed by atoms with Crippen LogP contribution in [0.1, 0.15) is 0 Å². The van der Waals surface area contributed by atoms with Crippen LogP contribution in [0.25, 0.3) is 115 Å². The van der Waals surface area contributed by atoms with Crippen LogP contribution in [-0.2, 0) is 0 Å². The van der Waals surface area contributed by atoms with Gasteiger partial charge in [-0.1, -0.05) is 103 Å². The highest BCUT2D eigenvalue weighted by molar-refractivity contribution is 6.33. The first-order valence-corrected chi connectivity index (χ1v) is 17.7. The highest BCUT2D eigenvalue weighted by atomic mass is 16.3. The summed E-state index contributed by atoms with van der Waals surface area (Å²) < 4.78 is 9.05. The molecule has 0 saturated heterocycles. The Balaban J connectivity index is 1.07. The van der Waals surface area contributed by atoms with Gasteiger partial charge in [-0.3, -0.25) is 0 Å². The van der Waals surface area contributed by atoms with E-state index in [9.17, 15) is 0 Å². The molecule has 12 rings (SSSR count).